The van der Waals surface area contributed by atoms with Gasteiger partial charge in [0.05, 0.1) is 0 Å². The molecule has 0 spiro atoms. The molecule has 3 fully saturated rings. The van der Waals surface area contributed by atoms with E-state index in [1.807, 2.05) is 62.3 Å². The van der Waals surface area contributed by atoms with Gasteiger partial charge in [0, 0.05) is 68.1 Å². The summed E-state index contributed by atoms with van der Waals surface area (Å²) in [6.07, 6.45) is 16.4. The first-order valence-electron chi connectivity index (χ1n) is 22.3. The average Bonchev–Trinajstić information content (AvgIpc) is 3.17. The van der Waals surface area contributed by atoms with Gasteiger partial charge in [-0.3, -0.25) is 28.8 Å². The Labute approximate surface area is 365 Å². The minimum Gasteiger partial charge on any atom is -0.349 e. The summed E-state index contributed by atoms with van der Waals surface area (Å²) in [6.45, 7) is 16.8. The van der Waals surface area contributed by atoms with Gasteiger partial charge in [0.15, 0.2) is 0 Å². The maximum Gasteiger partial charge on any atom is 0.251 e. The van der Waals surface area contributed by atoms with Crippen LogP contribution in [-0.4, -0.2) is 70.2 Å². The Bertz CT molecular complexity index is 1600. The van der Waals surface area contributed by atoms with E-state index in [4.69, 9.17) is 0 Å². The molecule has 0 aromatic heterocycles. The van der Waals surface area contributed by atoms with Gasteiger partial charge in [0.2, 0.25) is 0 Å². The van der Waals surface area contributed by atoms with Crippen molar-refractivity contribution in [3.8, 4) is 0 Å². The van der Waals surface area contributed by atoms with Crippen LogP contribution in [0.5, 0.6) is 0 Å². The first-order chi connectivity index (χ1) is 28.0. The second-order valence-electron chi connectivity index (χ2n) is 20.1. The van der Waals surface area contributed by atoms with Gasteiger partial charge < -0.3 is 31.9 Å². The van der Waals surface area contributed by atoms with E-state index in [0.29, 0.717) is 16.7 Å². The molecule has 6 N–H and O–H groups in total. The van der Waals surface area contributed by atoms with Crippen molar-refractivity contribution in [2.45, 2.75) is 201 Å². The minimum atomic E-state index is -0.436. The van der Waals surface area contributed by atoms with Crippen molar-refractivity contribution in [3.63, 3.8) is 0 Å². The third-order valence-electron chi connectivity index (χ3n) is 10.7. The molecule has 3 saturated carbocycles. The lowest BCUT2D eigenvalue weighted by molar-refractivity contribution is 0.0899. The normalized spacial score (nSPS) is 16.7. The van der Waals surface area contributed by atoms with Crippen LogP contribution in [-0.2, 0) is 0 Å². The molecule has 0 heterocycles. The first kappa shape index (κ1) is 50.6. The first-order valence-corrected chi connectivity index (χ1v) is 22.3. The molecule has 0 saturated heterocycles. The molecule has 3 aliphatic carbocycles. The zero-order chi connectivity index (χ0) is 44.3. The summed E-state index contributed by atoms with van der Waals surface area (Å²) >= 11 is 0. The monoisotopic (exact) mass is 845 g/mol. The van der Waals surface area contributed by atoms with Gasteiger partial charge in [-0.05, 0) is 137 Å². The molecule has 12 nitrogen and oxygen atoms in total. The molecule has 61 heavy (non-hydrogen) atoms. The van der Waals surface area contributed by atoms with E-state index >= 15 is 0 Å². The second-order valence-corrected chi connectivity index (χ2v) is 20.1. The summed E-state index contributed by atoms with van der Waals surface area (Å²) in [5.74, 6) is -1.59. The minimum absolute atomic E-state index is 0. The van der Waals surface area contributed by atoms with Crippen LogP contribution in [0.25, 0.3) is 0 Å². The molecule has 0 atom stereocenters. The lowest BCUT2D eigenvalue weighted by atomic mass is 9.94. The number of hydrogen-bond donors (Lipinski definition) is 6. The summed E-state index contributed by atoms with van der Waals surface area (Å²) in [6, 6.07) is 9.98. The Hall–Kier alpha value is -4.74. The van der Waals surface area contributed by atoms with Crippen molar-refractivity contribution >= 4 is 35.4 Å². The molecule has 2 aromatic rings. The van der Waals surface area contributed by atoms with Crippen molar-refractivity contribution in [1.29, 1.82) is 0 Å². The van der Waals surface area contributed by atoms with Crippen molar-refractivity contribution < 1.29 is 28.8 Å². The fraction of sp³-hybridized carbons (Fsp3) is 0.633. The molecule has 0 radical (unpaired) electrons. The van der Waals surface area contributed by atoms with E-state index in [9.17, 15) is 28.8 Å². The smallest absolute Gasteiger partial charge is 0.251 e. The van der Waals surface area contributed by atoms with Crippen LogP contribution < -0.4 is 31.9 Å². The Morgan fingerprint density at radius 2 is 0.525 bits per heavy atom. The van der Waals surface area contributed by atoms with Gasteiger partial charge >= 0.3 is 0 Å². The van der Waals surface area contributed by atoms with E-state index in [-0.39, 0.29) is 77.7 Å². The summed E-state index contributed by atoms with van der Waals surface area (Å²) in [5.41, 5.74) is 0.682. The molecule has 2 aromatic carbocycles. The SMILES string of the molecule is C.CC(C)(C)NC(=O)c1cc(C(=O)NC(C)(C)C)cc(C(=O)NC(C)(C)C)c1.O=C(NC1CCCCC1)c1cc(C(=O)NC2CCCCC2)cc(C(=O)NC2CCCCC2)c1. The van der Waals surface area contributed by atoms with E-state index in [0.717, 1.165) is 77.0 Å². The Morgan fingerprint density at radius 3 is 0.705 bits per heavy atom. The summed E-state index contributed by atoms with van der Waals surface area (Å²) < 4.78 is 0. The predicted octanol–water partition coefficient (Wildman–Crippen LogP) is 8.78. The topological polar surface area (TPSA) is 175 Å². The third kappa shape index (κ3) is 17.6. The maximum absolute atomic E-state index is 13.1. The van der Waals surface area contributed by atoms with Gasteiger partial charge in [0.25, 0.3) is 35.4 Å². The van der Waals surface area contributed by atoms with Crippen molar-refractivity contribution in [2.75, 3.05) is 0 Å². The molecule has 3 aliphatic rings. The number of rotatable bonds is 9. The van der Waals surface area contributed by atoms with Crippen molar-refractivity contribution in [1.82, 2.24) is 31.9 Å². The van der Waals surface area contributed by atoms with Crippen LogP contribution in [0.1, 0.15) is 228 Å². The summed E-state index contributed by atoms with van der Waals surface area (Å²) in [4.78, 5) is 77.0. The summed E-state index contributed by atoms with van der Waals surface area (Å²) in [7, 11) is 0. The number of carbonyl (C=O) groups is 6. The standard InChI is InChI=1S/C27H39N3O3.C21H33N3O3.CH4/c31-25(28-22-10-4-1-5-11-22)19-16-20(26(32)29-23-12-6-2-7-13-23)18-21(17-19)27(33)30-24-14-8-3-9-15-24;1-19(2,3)22-16(25)13-10-14(17(26)23-20(4,5)6)12-15(11-13)18(27)24-21(7,8)9;/h16-18,22-24H,1-15H2,(H,28,31)(H,29,32)(H,30,33);10-12H,1-9H3,(H,22,25)(H,23,26)(H,24,27);1H4. The molecular weight excluding hydrogens is 769 g/mol. The van der Waals surface area contributed by atoms with Crippen molar-refractivity contribution in [3.05, 3.63) is 69.8 Å². The van der Waals surface area contributed by atoms with E-state index in [2.05, 4.69) is 31.9 Å². The van der Waals surface area contributed by atoms with Gasteiger partial charge in [-0.15, -0.1) is 0 Å². The molecule has 12 heteroatoms. The zero-order valence-electron chi connectivity index (χ0n) is 37.8. The van der Waals surface area contributed by atoms with E-state index in [1.54, 1.807) is 18.2 Å². The van der Waals surface area contributed by atoms with Crippen LogP contribution >= 0.6 is 0 Å². The Morgan fingerprint density at radius 1 is 0.344 bits per heavy atom. The predicted molar refractivity (Wildman–Crippen MR) is 244 cm³/mol. The highest BCUT2D eigenvalue weighted by Gasteiger charge is 2.25. The fourth-order valence-electron chi connectivity index (χ4n) is 7.83. The number of nitrogens with one attached hydrogen (secondary N) is 6. The largest absolute Gasteiger partial charge is 0.349 e. The highest BCUT2D eigenvalue weighted by molar-refractivity contribution is 6.06. The van der Waals surface area contributed by atoms with Crippen LogP contribution in [0.2, 0.25) is 0 Å². The Balaban J connectivity index is 0.000000328. The Kier molecular flexibility index (Phi) is 18.6. The number of hydrogen-bond acceptors (Lipinski definition) is 6. The highest BCUT2D eigenvalue weighted by Crippen LogP contribution is 2.22. The summed E-state index contributed by atoms with van der Waals surface area (Å²) in [5, 5.41) is 18.0. The van der Waals surface area contributed by atoms with Crippen LogP contribution in [0.3, 0.4) is 0 Å². The zero-order valence-corrected chi connectivity index (χ0v) is 37.8. The van der Waals surface area contributed by atoms with Gasteiger partial charge in [0.1, 0.15) is 0 Å². The fourth-order valence-corrected chi connectivity index (χ4v) is 7.83. The molecule has 6 amide bonds. The van der Waals surface area contributed by atoms with E-state index in [1.165, 1.54) is 37.5 Å². The lowest BCUT2D eigenvalue weighted by Gasteiger charge is -2.24. The lowest BCUT2D eigenvalue weighted by Crippen LogP contribution is -2.43. The third-order valence-corrected chi connectivity index (χ3v) is 10.7. The second kappa shape index (κ2) is 22.4. The molecule has 0 aliphatic heterocycles. The van der Waals surface area contributed by atoms with Crippen molar-refractivity contribution in [2.24, 2.45) is 0 Å². The molecule has 0 unspecified atom stereocenters. The van der Waals surface area contributed by atoms with Gasteiger partial charge in [-0.2, -0.15) is 0 Å². The highest BCUT2D eigenvalue weighted by atomic mass is 16.2. The maximum atomic E-state index is 13.1. The molecule has 338 valence electrons. The van der Waals surface area contributed by atoms with Crippen LogP contribution in [0.15, 0.2) is 36.4 Å². The van der Waals surface area contributed by atoms with Gasteiger partial charge in [-0.25, -0.2) is 0 Å². The van der Waals surface area contributed by atoms with Crippen LogP contribution in [0.4, 0.5) is 0 Å². The number of carbonyl (C=O) groups excluding carboxylic acids is 6. The molecule has 0 bridgehead atoms. The van der Waals surface area contributed by atoms with Crippen LogP contribution in [0, 0.1) is 0 Å². The van der Waals surface area contributed by atoms with E-state index < -0.39 is 16.6 Å². The number of benzene rings is 2. The number of amides is 6. The molecular formula is C49H76N6O6. The average molecular weight is 845 g/mol. The quantitative estimate of drug-likeness (QED) is 0.147. The van der Waals surface area contributed by atoms with Gasteiger partial charge in [-0.1, -0.05) is 65.2 Å². The molecule has 5 rings (SSSR count).